The first-order valence-corrected chi connectivity index (χ1v) is 9.45. The zero-order valence-electron chi connectivity index (χ0n) is 13.9. The number of anilines is 1. The predicted molar refractivity (Wildman–Crippen MR) is 95.6 cm³/mol. The van der Waals surface area contributed by atoms with Crippen LogP contribution in [0, 0.1) is 11.8 Å². The highest BCUT2D eigenvalue weighted by atomic mass is 32.1. The summed E-state index contributed by atoms with van der Waals surface area (Å²) in [6.07, 6.45) is 4.13. The first-order valence-electron chi connectivity index (χ1n) is 8.64. The molecule has 0 spiro atoms. The lowest BCUT2D eigenvalue weighted by Crippen LogP contribution is -2.44. The van der Waals surface area contributed by atoms with Crippen LogP contribution in [0.15, 0.2) is 24.3 Å². The number of aliphatic hydroxyl groups is 1. The molecule has 1 aliphatic carbocycles. The van der Waals surface area contributed by atoms with E-state index in [1.165, 1.54) is 0 Å². The van der Waals surface area contributed by atoms with Gasteiger partial charge >= 0.3 is 0 Å². The SMILES string of the molecule is COc1ccc(-c2nnc(N3CCC4CC(O)CCC4C3)s2)cc1. The van der Waals surface area contributed by atoms with Crippen molar-refractivity contribution < 1.29 is 9.84 Å². The molecule has 2 aromatic rings. The standard InChI is InChI=1S/C18H23N3O2S/c1-23-16-6-3-12(4-7-16)17-19-20-18(24-17)21-9-8-13-10-15(22)5-2-14(13)11-21/h3-4,6-7,13-15,22H,2,5,8-11H2,1H3. The summed E-state index contributed by atoms with van der Waals surface area (Å²) in [6.45, 7) is 2.07. The molecule has 0 amide bonds. The Balaban J connectivity index is 1.46. The highest BCUT2D eigenvalue weighted by Crippen LogP contribution is 2.39. The van der Waals surface area contributed by atoms with E-state index in [4.69, 9.17) is 4.74 Å². The summed E-state index contributed by atoms with van der Waals surface area (Å²) in [4.78, 5) is 2.38. The molecule has 6 heteroatoms. The Bertz CT molecular complexity index is 688. The summed E-state index contributed by atoms with van der Waals surface area (Å²) in [6, 6.07) is 7.96. The van der Waals surface area contributed by atoms with Crippen LogP contribution in [0.4, 0.5) is 5.13 Å². The van der Waals surface area contributed by atoms with Crippen molar-refractivity contribution in [3.05, 3.63) is 24.3 Å². The molecular formula is C18H23N3O2S. The number of ether oxygens (including phenoxy) is 1. The van der Waals surface area contributed by atoms with Crippen molar-refractivity contribution in [2.24, 2.45) is 11.8 Å². The molecule has 128 valence electrons. The minimum atomic E-state index is -0.0824. The van der Waals surface area contributed by atoms with E-state index < -0.39 is 0 Å². The van der Waals surface area contributed by atoms with Gasteiger partial charge in [0.15, 0.2) is 0 Å². The Kier molecular flexibility index (Phi) is 4.41. The third kappa shape index (κ3) is 3.13. The molecule has 4 rings (SSSR count). The maximum absolute atomic E-state index is 9.85. The van der Waals surface area contributed by atoms with Crippen LogP contribution >= 0.6 is 11.3 Å². The molecule has 3 unspecified atom stereocenters. The summed E-state index contributed by atoms with van der Waals surface area (Å²) >= 11 is 1.66. The minimum Gasteiger partial charge on any atom is -0.497 e. The maximum Gasteiger partial charge on any atom is 0.208 e. The zero-order valence-corrected chi connectivity index (χ0v) is 14.7. The van der Waals surface area contributed by atoms with Crippen molar-refractivity contribution in [3.8, 4) is 16.3 Å². The number of nitrogens with zero attached hydrogens (tertiary/aromatic N) is 3. The number of hydrogen-bond acceptors (Lipinski definition) is 6. The van der Waals surface area contributed by atoms with Gasteiger partial charge in [0.05, 0.1) is 13.2 Å². The van der Waals surface area contributed by atoms with E-state index in [1.807, 2.05) is 24.3 Å². The molecule has 0 radical (unpaired) electrons. The summed E-state index contributed by atoms with van der Waals surface area (Å²) < 4.78 is 5.20. The summed E-state index contributed by atoms with van der Waals surface area (Å²) in [5, 5.41) is 20.6. The van der Waals surface area contributed by atoms with Crippen molar-refractivity contribution >= 4 is 16.5 Å². The number of methoxy groups -OCH3 is 1. The molecule has 5 nitrogen and oxygen atoms in total. The molecule has 1 aliphatic heterocycles. The summed E-state index contributed by atoms with van der Waals surface area (Å²) in [5.74, 6) is 2.22. The second kappa shape index (κ2) is 6.69. The average Bonchev–Trinajstić information content (AvgIpc) is 3.11. The smallest absolute Gasteiger partial charge is 0.208 e. The Morgan fingerprint density at radius 1 is 1.12 bits per heavy atom. The molecule has 1 saturated carbocycles. The second-order valence-corrected chi connectivity index (χ2v) is 7.80. The van der Waals surface area contributed by atoms with Gasteiger partial charge in [0.25, 0.3) is 0 Å². The van der Waals surface area contributed by atoms with Gasteiger partial charge in [0.1, 0.15) is 10.8 Å². The molecule has 2 fully saturated rings. The largest absolute Gasteiger partial charge is 0.497 e. The third-order valence-electron chi connectivity index (χ3n) is 5.36. The van der Waals surface area contributed by atoms with Gasteiger partial charge in [-0.25, -0.2) is 0 Å². The number of fused-ring (bicyclic) bond motifs is 1. The molecule has 1 aromatic carbocycles. The predicted octanol–water partition coefficient (Wildman–Crippen LogP) is 3.20. The highest BCUT2D eigenvalue weighted by Gasteiger charge is 2.35. The molecule has 2 heterocycles. The molecule has 1 saturated heterocycles. The van der Waals surface area contributed by atoms with Crippen molar-refractivity contribution in [2.75, 3.05) is 25.1 Å². The average molecular weight is 345 g/mol. The van der Waals surface area contributed by atoms with Gasteiger partial charge < -0.3 is 14.7 Å². The number of aliphatic hydroxyl groups excluding tert-OH is 1. The van der Waals surface area contributed by atoms with Gasteiger partial charge in [0.2, 0.25) is 5.13 Å². The number of aromatic nitrogens is 2. The van der Waals surface area contributed by atoms with E-state index in [9.17, 15) is 5.11 Å². The Morgan fingerprint density at radius 3 is 2.75 bits per heavy atom. The topological polar surface area (TPSA) is 58.5 Å². The van der Waals surface area contributed by atoms with E-state index >= 15 is 0 Å². The molecule has 2 aliphatic rings. The van der Waals surface area contributed by atoms with E-state index in [1.54, 1.807) is 18.4 Å². The van der Waals surface area contributed by atoms with Crippen LogP contribution in [0.3, 0.4) is 0 Å². The van der Waals surface area contributed by atoms with Gasteiger partial charge in [-0.05, 0) is 61.8 Å². The zero-order chi connectivity index (χ0) is 16.5. The minimum absolute atomic E-state index is 0.0824. The fourth-order valence-corrected chi connectivity index (χ4v) is 4.84. The van der Waals surface area contributed by atoms with Crippen LogP contribution in [-0.2, 0) is 0 Å². The van der Waals surface area contributed by atoms with E-state index in [0.29, 0.717) is 11.8 Å². The van der Waals surface area contributed by atoms with Crippen LogP contribution in [0.1, 0.15) is 25.7 Å². The lowest BCUT2D eigenvalue weighted by Gasteiger charge is -2.42. The lowest BCUT2D eigenvalue weighted by atomic mass is 9.74. The molecule has 3 atom stereocenters. The van der Waals surface area contributed by atoms with Crippen molar-refractivity contribution in [1.82, 2.24) is 10.2 Å². The Morgan fingerprint density at radius 2 is 1.96 bits per heavy atom. The quantitative estimate of drug-likeness (QED) is 0.926. The Labute approximate surface area is 146 Å². The first kappa shape index (κ1) is 15.8. The normalized spacial score (nSPS) is 26.9. The number of hydrogen-bond donors (Lipinski definition) is 1. The maximum atomic E-state index is 9.85. The van der Waals surface area contributed by atoms with Crippen LogP contribution in [0.5, 0.6) is 5.75 Å². The van der Waals surface area contributed by atoms with Crippen molar-refractivity contribution in [1.29, 1.82) is 0 Å². The van der Waals surface area contributed by atoms with Gasteiger partial charge in [-0.1, -0.05) is 11.3 Å². The fraction of sp³-hybridized carbons (Fsp3) is 0.556. The summed E-state index contributed by atoms with van der Waals surface area (Å²) in [7, 11) is 1.67. The van der Waals surface area contributed by atoms with Crippen molar-refractivity contribution in [2.45, 2.75) is 31.8 Å². The van der Waals surface area contributed by atoms with Crippen LogP contribution in [-0.4, -0.2) is 41.6 Å². The first-order chi connectivity index (χ1) is 11.7. The van der Waals surface area contributed by atoms with Crippen LogP contribution in [0.2, 0.25) is 0 Å². The molecule has 24 heavy (non-hydrogen) atoms. The van der Waals surface area contributed by atoms with Gasteiger partial charge in [-0.15, -0.1) is 10.2 Å². The van der Waals surface area contributed by atoms with Crippen LogP contribution in [0.25, 0.3) is 10.6 Å². The monoisotopic (exact) mass is 345 g/mol. The highest BCUT2D eigenvalue weighted by molar-refractivity contribution is 7.18. The fourth-order valence-electron chi connectivity index (χ4n) is 3.96. The lowest BCUT2D eigenvalue weighted by molar-refractivity contribution is 0.0599. The number of benzene rings is 1. The molecule has 1 aromatic heterocycles. The van der Waals surface area contributed by atoms with E-state index in [-0.39, 0.29) is 6.10 Å². The van der Waals surface area contributed by atoms with E-state index in [0.717, 1.165) is 60.2 Å². The summed E-state index contributed by atoms with van der Waals surface area (Å²) in [5.41, 5.74) is 1.08. The second-order valence-electron chi connectivity index (χ2n) is 6.84. The molecule has 0 bridgehead atoms. The van der Waals surface area contributed by atoms with Crippen molar-refractivity contribution in [3.63, 3.8) is 0 Å². The van der Waals surface area contributed by atoms with E-state index in [2.05, 4.69) is 15.1 Å². The Hall–Kier alpha value is -1.66. The van der Waals surface area contributed by atoms with Crippen LogP contribution < -0.4 is 9.64 Å². The number of rotatable bonds is 3. The van der Waals surface area contributed by atoms with Gasteiger partial charge in [-0.3, -0.25) is 0 Å². The van der Waals surface area contributed by atoms with Gasteiger partial charge in [-0.2, -0.15) is 0 Å². The number of piperidine rings is 1. The molecular weight excluding hydrogens is 322 g/mol. The molecule has 1 N–H and O–H groups in total. The third-order valence-corrected chi connectivity index (χ3v) is 6.39. The van der Waals surface area contributed by atoms with Gasteiger partial charge in [0, 0.05) is 18.7 Å².